The number of ether oxygens (including phenoxy) is 3. The van der Waals surface area contributed by atoms with Gasteiger partial charge in [-0.15, -0.1) is 0 Å². The molecule has 0 amide bonds. The van der Waals surface area contributed by atoms with Crippen molar-refractivity contribution in [3.8, 4) is 0 Å². The van der Waals surface area contributed by atoms with E-state index in [-0.39, 0.29) is 19.3 Å². The fraction of sp³-hybridized carbons (Fsp3) is 0.754. The van der Waals surface area contributed by atoms with Crippen LogP contribution < -0.4 is 0 Å². The maximum atomic E-state index is 12.8. The summed E-state index contributed by atoms with van der Waals surface area (Å²) in [5, 5.41) is 20.4. The van der Waals surface area contributed by atoms with E-state index in [0.717, 1.165) is 109 Å². The zero-order chi connectivity index (χ0) is 58.2. The Morgan fingerprint density at radius 3 is 1.13 bits per heavy atom. The molecule has 5 atom stereocenters. The highest BCUT2D eigenvalue weighted by atomic mass is 31.2. The molecule has 0 spiro atoms. The van der Waals surface area contributed by atoms with Gasteiger partial charge in [0, 0.05) is 19.3 Å². The fourth-order valence-electron chi connectivity index (χ4n) is 7.75. The first-order chi connectivity index (χ1) is 38.2. The predicted molar refractivity (Wildman–Crippen MR) is 316 cm³/mol. The summed E-state index contributed by atoms with van der Waals surface area (Å²) in [4.78, 5) is 58.0. The largest absolute Gasteiger partial charge is 0.472 e. The maximum absolute atomic E-state index is 12.8. The van der Waals surface area contributed by atoms with Crippen LogP contribution in [0.1, 0.15) is 239 Å². The van der Waals surface area contributed by atoms with Crippen LogP contribution in [-0.4, -0.2) is 95.9 Å². The van der Waals surface area contributed by atoms with E-state index in [9.17, 15) is 43.5 Å². The van der Waals surface area contributed by atoms with Crippen molar-refractivity contribution in [1.82, 2.24) is 0 Å². The van der Waals surface area contributed by atoms with E-state index in [1.54, 1.807) is 0 Å². The second-order valence-corrected chi connectivity index (χ2v) is 23.0. The van der Waals surface area contributed by atoms with Crippen molar-refractivity contribution in [1.29, 1.82) is 0 Å². The van der Waals surface area contributed by atoms with Crippen LogP contribution in [0.15, 0.2) is 72.9 Å². The number of carbonyl (C=O) groups is 3. The van der Waals surface area contributed by atoms with E-state index in [4.69, 9.17) is 32.3 Å². The van der Waals surface area contributed by atoms with Gasteiger partial charge in [-0.05, 0) is 83.5 Å². The lowest BCUT2D eigenvalue weighted by Crippen LogP contribution is -2.30. The van der Waals surface area contributed by atoms with Crippen LogP contribution in [0.4, 0.5) is 0 Å². The summed E-state index contributed by atoms with van der Waals surface area (Å²) in [6, 6.07) is 0. The summed E-state index contributed by atoms with van der Waals surface area (Å²) < 4.78 is 60.5. The molecule has 0 radical (unpaired) electrons. The Morgan fingerprint density at radius 2 is 0.684 bits per heavy atom. The predicted octanol–water partition coefficient (Wildman–Crippen LogP) is 15.6. The van der Waals surface area contributed by atoms with Crippen molar-refractivity contribution in [2.24, 2.45) is 0 Å². The standard InChI is InChI=1S/C61H108O16P2/c1-4-7-10-13-16-19-22-24-25-26-27-28-29-31-34-35-38-41-44-47-59(64)71-50-56(62)51-73-78(67,68)74-52-57(63)53-75-79(69,70)76-55-58(77-61(66)49-46-43-40-37-32-21-18-15-12-9-6-3)54-72-60(65)48-45-42-39-36-33-30-23-20-17-14-11-8-5-2/h7,10,15-16,18-19,24-25,27-28,31,34,56-58,62-63H,4-6,8-9,11-14,17,20-23,26,29-30,32-33,35-55H2,1-3H3,(H,67,68)(H,69,70)/b10-7-,18-15-,19-16-,25-24-,28-27-,34-31-. The average molecular weight is 1160 g/mol. The summed E-state index contributed by atoms with van der Waals surface area (Å²) in [7, 11) is -9.76. The minimum Gasteiger partial charge on any atom is -0.463 e. The second-order valence-electron chi connectivity index (χ2n) is 20.1. The smallest absolute Gasteiger partial charge is 0.463 e. The molecule has 18 heteroatoms. The molecule has 0 aliphatic heterocycles. The molecular formula is C61H108O16P2. The minimum absolute atomic E-state index is 0.0962. The second kappa shape index (κ2) is 55.5. The number of esters is 3. The van der Waals surface area contributed by atoms with Crippen molar-refractivity contribution in [3.05, 3.63) is 72.9 Å². The lowest BCUT2D eigenvalue weighted by atomic mass is 10.0. The number of aliphatic hydroxyl groups is 2. The van der Waals surface area contributed by atoms with E-state index in [0.29, 0.717) is 19.3 Å². The molecule has 0 saturated heterocycles. The van der Waals surface area contributed by atoms with Crippen molar-refractivity contribution < 1.29 is 75.8 Å². The lowest BCUT2D eigenvalue weighted by molar-refractivity contribution is -0.161. The number of aliphatic hydroxyl groups excluding tert-OH is 2. The molecule has 5 unspecified atom stereocenters. The molecule has 0 bridgehead atoms. The number of rotatable bonds is 57. The Balaban J connectivity index is 4.62. The normalized spacial score (nSPS) is 15.0. The first-order valence-corrected chi connectivity index (χ1v) is 33.2. The quantitative estimate of drug-likeness (QED) is 0.0146. The van der Waals surface area contributed by atoms with E-state index < -0.39 is 91.5 Å². The fourth-order valence-corrected chi connectivity index (χ4v) is 9.34. The van der Waals surface area contributed by atoms with Crippen molar-refractivity contribution in [3.63, 3.8) is 0 Å². The Hall–Kier alpha value is -3.01. The van der Waals surface area contributed by atoms with Crippen LogP contribution >= 0.6 is 15.6 Å². The van der Waals surface area contributed by atoms with Crippen LogP contribution in [0.25, 0.3) is 0 Å². The molecular weight excluding hydrogens is 1050 g/mol. The monoisotopic (exact) mass is 1160 g/mol. The molecule has 4 N–H and O–H groups in total. The molecule has 0 aromatic heterocycles. The number of phosphoric acid groups is 2. The SMILES string of the molecule is CC/C=C\C/C=C\C/C=C\C/C=C\C/C=C\CCCCCC(=O)OCC(O)COP(=O)(O)OCC(O)COP(=O)(O)OCC(COC(=O)CCCCCCCCCCCCCCC)OC(=O)CCCCCCC/C=C\CCCC. The first-order valence-electron chi connectivity index (χ1n) is 30.2. The third-order valence-electron chi connectivity index (χ3n) is 12.4. The van der Waals surface area contributed by atoms with Gasteiger partial charge in [0.2, 0.25) is 0 Å². The Labute approximate surface area is 477 Å². The van der Waals surface area contributed by atoms with Crippen molar-refractivity contribution in [2.75, 3.05) is 39.6 Å². The van der Waals surface area contributed by atoms with Crippen molar-refractivity contribution >= 4 is 33.6 Å². The van der Waals surface area contributed by atoms with Gasteiger partial charge in [-0.25, -0.2) is 9.13 Å². The van der Waals surface area contributed by atoms with Crippen LogP contribution in [0.5, 0.6) is 0 Å². The zero-order valence-corrected chi connectivity index (χ0v) is 50.8. The summed E-state index contributed by atoms with van der Waals surface area (Å²) >= 11 is 0. The average Bonchev–Trinajstić information content (AvgIpc) is 3.42. The van der Waals surface area contributed by atoms with Gasteiger partial charge in [0.1, 0.15) is 25.4 Å². The van der Waals surface area contributed by atoms with E-state index in [1.807, 2.05) is 0 Å². The van der Waals surface area contributed by atoms with Gasteiger partial charge in [0.15, 0.2) is 6.10 Å². The molecule has 458 valence electrons. The Kier molecular flexibility index (Phi) is 53.4. The van der Waals surface area contributed by atoms with Crippen molar-refractivity contribution in [2.45, 2.75) is 257 Å². The first kappa shape index (κ1) is 76.0. The number of carbonyl (C=O) groups excluding carboxylic acids is 3. The molecule has 0 saturated carbocycles. The molecule has 79 heavy (non-hydrogen) atoms. The highest BCUT2D eigenvalue weighted by molar-refractivity contribution is 7.47. The molecule has 0 heterocycles. The van der Waals surface area contributed by atoms with E-state index >= 15 is 0 Å². The van der Waals surface area contributed by atoms with Gasteiger partial charge >= 0.3 is 33.6 Å². The van der Waals surface area contributed by atoms with Gasteiger partial charge < -0.3 is 34.2 Å². The lowest BCUT2D eigenvalue weighted by Gasteiger charge is -2.21. The number of hydrogen-bond donors (Lipinski definition) is 4. The number of hydrogen-bond acceptors (Lipinski definition) is 14. The number of allylic oxidation sites excluding steroid dienone is 12. The molecule has 0 aliphatic carbocycles. The summed E-state index contributed by atoms with van der Waals surface area (Å²) in [5.41, 5.74) is 0. The van der Waals surface area contributed by atoms with Gasteiger partial charge in [-0.3, -0.25) is 32.5 Å². The zero-order valence-electron chi connectivity index (χ0n) is 49.0. The van der Waals surface area contributed by atoms with Crippen LogP contribution in [-0.2, 0) is 55.8 Å². The Bertz CT molecular complexity index is 1750. The van der Waals surface area contributed by atoms with Crippen LogP contribution in [0.3, 0.4) is 0 Å². The van der Waals surface area contributed by atoms with Gasteiger partial charge in [0.25, 0.3) is 0 Å². The molecule has 0 aromatic rings. The van der Waals surface area contributed by atoms with Gasteiger partial charge in [-0.2, -0.15) is 0 Å². The highest BCUT2D eigenvalue weighted by Crippen LogP contribution is 2.45. The van der Waals surface area contributed by atoms with Gasteiger partial charge in [0.05, 0.1) is 26.4 Å². The number of unbranched alkanes of at least 4 members (excludes halogenated alkanes) is 22. The molecule has 0 fully saturated rings. The van der Waals surface area contributed by atoms with Crippen LogP contribution in [0.2, 0.25) is 0 Å². The number of phosphoric ester groups is 2. The summed E-state index contributed by atoms with van der Waals surface area (Å²) in [6.07, 6.45) is 54.1. The van der Waals surface area contributed by atoms with E-state index in [2.05, 4.69) is 93.7 Å². The minimum atomic E-state index is -4.91. The highest BCUT2D eigenvalue weighted by Gasteiger charge is 2.29. The third kappa shape index (κ3) is 56.6. The van der Waals surface area contributed by atoms with Gasteiger partial charge in [-0.1, -0.05) is 209 Å². The van der Waals surface area contributed by atoms with E-state index in [1.165, 1.54) is 70.6 Å². The van der Waals surface area contributed by atoms with Crippen LogP contribution in [0, 0.1) is 0 Å². The maximum Gasteiger partial charge on any atom is 0.472 e. The molecule has 0 rings (SSSR count). The Morgan fingerprint density at radius 1 is 0.367 bits per heavy atom. The summed E-state index contributed by atoms with van der Waals surface area (Å²) in [6.45, 7) is 2.44. The summed E-state index contributed by atoms with van der Waals surface area (Å²) in [5.74, 6) is -1.61. The molecule has 0 aromatic carbocycles. The molecule has 0 aliphatic rings. The topological polar surface area (TPSA) is 231 Å². The molecule has 16 nitrogen and oxygen atoms in total. The third-order valence-corrected chi connectivity index (χ3v) is 14.3.